The highest BCUT2D eigenvalue weighted by atomic mass is 32.2. The lowest BCUT2D eigenvalue weighted by molar-refractivity contribution is -0.146. The van der Waals surface area contributed by atoms with Crippen molar-refractivity contribution in [3.8, 4) is 5.75 Å². The molecule has 1 aliphatic rings. The average molecular weight is 796 g/mol. The molecule has 4 rings (SSSR count). The van der Waals surface area contributed by atoms with Crippen LogP contribution in [0.2, 0.25) is 0 Å². The molecular weight excluding hydrogens is 743 g/mol. The van der Waals surface area contributed by atoms with Gasteiger partial charge in [0.15, 0.2) is 16.4 Å². The number of nitrogens with one attached hydrogen (secondary N) is 2. The molecule has 2 N–H and O–H groups in total. The summed E-state index contributed by atoms with van der Waals surface area (Å²) in [6.07, 6.45) is 6.92. The van der Waals surface area contributed by atoms with Crippen LogP contribution in [0, 0.1) is 5.41 Å². The molecule has 0 spiro atoms. The summed E-state index contributed by atoms with van der Waals surface area (Å²) in [7, 11) is -1.44. The van der Waals surface area contributed by atoms with Crippen LogP contribution in [0.15, 0.2) is 82.6 Å². The van der Waals surface area contributed by atoms with Crippen LogP contribution in [-0.4, -0.2) is 77.6 Å². The zero-order valence-corrected chi connectivity index (χ0v) is 33.9. The van der Waals surface area contributed by atoms with Gasteiger partial charge >= 0.3 is 11.9 Å². The SMILES string of the molecule is CCCCC1(CCCC)CN(c2ccccc2)c2cc(SC)c(OCC(=O)N[C@@H](C(=O)N[C@H](CCC(=O)OC)C(=O)OC)c3ccccc3)cc2S(=O)(=O)C1. The number of fused-ring (bicyclic) bond motifs is 1. The molecule has 0 aliphatic carbocycles. The fourth-order valence-electron chi connectivity index (χ4n) is 6.88. The van der Waals surface area contributed by atoms with Crippen molar-refractivity contribution in [3.63, 3.8) is 0 Å². The first-order chi connectivity index (χ1) is 26.4. The number of unbranched alkanes of at least 4 members (excludes halogenated alkanes) is 2. The van der Waals surface area contributed by atoms with E-state index < -0.39 is 57.7 Å². The van der Waals surface area contributed by atoms with Gasteiger partial charge in [-0.3, -0.25) is 14.4 Å². The van der Waals surface area contributed by atoms with E-state index in [1.807, 2.05) is 42.7 Å². The van der Waals surface area contributed by atoms with Crippen molar-refractivity contribution >= 4 is 56.7 Å². The van der Waals surface area contributed by atoms with Crippen LogP contribution in [0.3, 0.4) is 0 Å². The number of hydrogen-bond donors (Lipinski definition) is 2. The van der Waals surface area contributed by atoms with E-state index in [1.54, 1.807) is 30.3 Å². The van der Waals surface area contributed by atoms with Crippen molar-refractivity contribution in [1.82, 2.24) is 10.6 Å². The normalized spacial score (nSPS) is 15.4. The molecule has 0 aromatic heterocycles. The lowest BCUT2D eigenvalue weighted by atomic mass is 9.79. The van der Waals surface area contributed by atoms with Crippen LogP contribution in [0.25, 0.3) is 0 Å². The average Bonchev–Trinajstić information content (AvgIpc) is 3.29. The van der Waals surface area contributed by atoms with Gasteiger partial charge in [-0.05, 0) is 49.3 Å². The molecule has 3 aromatic rings. The van der Waals surface area contributed by atoms with Crippen molar-refractivity contribution < 1.29 is 41.8 Å². The number of hydrogen-bond acceptors (Lipinski definition) is 11. The number of amides is 2. The van der Waals surface area contributed by atoms with Gasteiger partial charge in [0.05, 0.1) is 35.5 Å². The van der Waals surface area contributed by atoms with Gasteiger partial charge in [0.2, 0.25) is 5.91 Å². The van der Waals surface area contributed by atoms with E-state index in [4.69, 9.17) is 9.47 Å². The maximum atomic E-state index is 14.5. The number of methoxy groups -OCH3 is 2. The first kappa shape index (κ1) is 43.2. The number of anilines is 2. The largest absolute Gasteiger partial charge is 0.483 e. The number of carbonyl (C=O) groups excluding carboxylic acids is 4. The fraction of sp³-hybridized carbons (Fsp3) is 0.463. The zero-order chi connectivity index (χ0) is 40.0. The van der Waals surface area contributed by atoms with E-state index in [1.165, 1.54) is 32.0 Å². The Morgan fingerprint density at radius 1 is 0.891 bits per heavy atom. The summed E-state index contributed by atoms with van der Waals surface area (Å²) in [6.45, 7) is 4.25. The Balaban J connectivity index is 1.65. The van der Waals surface area contributed by atoms with E-state index >= 15 is 0 Å². The Morgan fingerprint density at radius 2 is 1.53 bits per heavy atom. The summed E-state index contributed by atoms with van der Waals surface area (Å²) in [5.74, 6) is -2.49. The molecule has 0 radical (unpaired) electrons. The second-order valence-electron chi connectivity index (χ2n) is 13.8. The number of rotatable bonds is 19. The van der Waals surface area contributed by atoms with Crippen LogP contribution < -0.4 is 20.3 Å². The molecule has 2 atom stereocenters. The Hall–Kier alpha value is -4.56. The first-order valence-corrected chi connectivity index (χ1v) is 21.5. The minimum atomic E-state index is -3.82. The number of esters is 2. The molecule has 1 heterocycles. The molecule has 2 amide bonds. The number of benzene rings is 3. The molecule has 14 heteroatoms. The zero-order valence-electron chi connectivity index (χ0n) is 32.3. The Kier molecular flexibility index (Phi) is 16.0. The van der Waals surface area contributed by atoms with Crippen LogP contribution in [0.1, 0.15) is 76.8 Å². The Labute approximate surface area is 329 Å². The van der Waals surface area contributed by atoms with E-state index in [-0.39, 0.29) is 29.2 Å². The highest BCUT2D eigenvalue weighted by Crippen LogP contribution is 2.47. The van der Waals surface area contributed by atoms with Gasteiger partial charge in [0.25, 0.3) is 5.91 Å². The van der Waals surface area contributed by atoms with Crippen molar-refractivity contribution in [2.45, 2.75) is 87.1 Å². The van der Waals surface area contributed by atoms with Crippen molar-refractivity contribution in [2.24, 2.45) is 5.41 Å². The van der Waals surface area contributed by atoms with Crippen molar-refractivity contribution in [1.29, 1.82) is 0 Å². The van der Waals surface area contributed by atoms with Gasteiger partial charge in [-0.25, -0.2) is 13.2 Å². The molecule has 0 saturated heterocycles. The number of carbonyl (C=O) groups is 4. The molecule has 0 saturated carbocycles. The molecule has 0 fully saturated rings. The van der Waals surface area contributed by atoms with Gasteiger partial charge in [-0.1, -0.05) is 88.1 Å². The monoisotopic (exact) mass is 795 g/mol. The van der Waals surface area contributed by atoms with E-state index in [9.17, 15) is 27.6 Å². The molecule has 12 nitrogen and oxygen atoms in total. The number of thioether (sulfide) groups is 1. The van der Waals surface area contributed by atoms with Crippen molar-refractivity contribution in [3.05, 3.63) is 78.4 Å². The van der Waals surface area contributed by atoms with E-state index in [0.717, 1.165) is 44.2 Å². The smallest absolute Gasteiger partial charge is 0.328 e. The number of ether oxygens (including phenoxy) is 3. The van der Waals surface area contributed by atoms with Crippen LogP contribution in [-0.2, 0) is 38.5 Å². The topological polar surface area (TPSA) is 157 Å². The Morgan fingerprint density at radius 3 is 2.11 bits per heavy atom. The quantitative estimate of drug-likeness (QED) is 0.100. The highest BCUT2D eigenvalue weighted by molar-refractivity contribution is 7.98. The highest BCUT2D eigenvalue weighted by Gasteiger charge is 2.42. The number of nitrogens with zero attached hydrogens (tertiary/aromatic N) is 1. The summed E-state index contributed by atoms with van der Waals surface area (Å²) in [4.78, 5) is 54.3. The van der Waals surface area contributed by atoms with Crippen LogP contribution >= 0.6 is 11.8 Å². The maximum absolute atomic E-state index is 14.5. The third-order valence-electron chi connectivity index (χ3n) is 9.78. The Bertz CT molecular complexity index is 1870. The standard InChI is InChI=1S/C41H53N3O9S2/c1-6-8-22-41(23-9-7-2)27-44(30-18-14-11-15-19-30)32-24-34(54-5)33(25-35(32)55(49,50)28-41)53-26-36(45)43-38(29-16-12-10-13-17-29)39(47)42-31(40(48)52-4)20-21-37(46)51-3/h10-19,24-25,31,38H,6-9,20-23,26-28H2,1-5H3,(H,42,47)(H,43,45)/t31-,38-/m1/s1. The van der Waals surface area contributed by atoms with Gasteiger partial charge in [-0.2, -0.15) is 0 Å². The lowest BCUT2D eigenvalue weighted by Gasteiger charge is -2.37. The molecule has 55 heavy (non-hydrogen) atoms. The van der Waals surface area contributed by atoms with E-state index in [2.05, 4.69) is 34.1 Å². The molecule has 0 bridgehead atoms. The van der Waals surface area contributed by atoms with Gasteiger partial charge < -0.3 is 29.7 Å². The lowest BCUT2D eigenvalue weighted by Crippen LogP contribution is -2.48. The number of para-hydroxylation sites is 1. The summed E-state index contributed by atoms with van der Waals surface area (Å²) >= 11 is 1.37. The second kappa shape index (κ2) is 20.4. The van der Waals surface area contributed by atoms with Crippen molar-refractivity contribution in [2.75, 3.05) is 44.3 Å². The molecule has 1 aliphatic heterocycles. The van der Waals surface area contributed by atoms with Gasteiger partial charge in [0.1, 0.15) is 17.8 Å². The molecule has 0 unspecified atom stereocenters. The first-order valence-electron chi connectivity index (χ1n) is 18.6. The molecule has 298 valence electrons. The second-order valence-corrected chi connectivity index (χ2v) is 16.6. The summed E-state index contributed by atoms with van der Waals surface area (Å²) in [5, 5.41) is 5.28. The van der Waals surface area contributed by atoms with Gasteiger partial charge in [-0.15, -0.1) is 11.8 Å². The van der Waals surface area contributed by atoms with Gasteiger partial charge in [0, 0.05) is 30.1 Å². The molecular formula is C41H53N3O9S2. The summed E-state index contributed by atoms with van der Waals surface area (Å²) in [6, 6.07) is 19.2. The predicted molar refractivity (Wildman–Crippen MR) is 213 cm³/mol. The van der Waals surface area contributed by atoms with Crippen LogP contribution in [0.5, 0.6) is 5.75 Å². The van der Waals surface area contributed by atoms with E-state index in [0.29, 0.717) is 22.7 Å². The number of sulfone groups is 1. The summed E-state index contributed by atoms with van der Waals surface area (Å²) < 4.78 is 44.5. The third kappa shape index (κ3) is 11.5. The minimum absolute atomic E-state index is 0.00502. The third-order valence-corrected chi connectivity index (χ3v) is 12.5. The summed E-state index contributed by atoms with van der Waals surface area (Å²) in [5.41, 5.74) is 1.42. The minimum Gasteiger partial charge on any atom is -0.483 e. The predicted octanol–water partition coefficient (Wildman–Crippen LogP) is 6.55. The fourth-order valence-corrected chi connectivity index (χ4v) is 9.55. The maximum Gasteiger partial charge on any atom is 0.328 e. The van der Waals surface area contributed by atoms with Crippen LogP contribution in [0.4, 0.5) is 11.4 Å². The molecule has 3 aromatic carbocycles.